The number of hydrogen-bond acceptors (Lipinski definition) is 1. The van der Waals surface area contributed by atoms with E-state index in [0.29, 0.717) is 12.1 Å². The van der Waals surface area contributed by atoms with Crippen LogP contribution in [-0.2, 0) is 0 Å². The zero-order valence-corrected chi connectivity index (χ0v) is 12.3. The van der Waals surface area contributed by atoms with Crippen LogP contribution < -0.4 is 5.32 Å². The van der Waals surface area contributed by atoms with E-state index in [9.17, 15) is 0 Å². The van der Waals surface area contributed by atoms with Gasteiger partial charge in [0.25, 0.3) is 0 Å². The van der Waals surface area contributed by atoms with Gasteiger partial charge in [0.15, 0.2) is 0 Å². The fraction of sp³-hybridized carbons (Fsp3) is 0.333. The zero-order valence-electron chi connectivity index (χ0n) is 12.3. The average molecular weight is 253 g/mol. The molecule has 0 aromatic heterocycles. The van der Waals surface area contributed by atoms with E-state index in [1.807, 2.05) is 0 Å². The van der Waals surface area contributed by atoms with Crippen LogP contribution in [0.15, 0.2) is 48.5 Å². The molecule has 0 saturated heterocycles. The van der Waals surface area contributed by atoms with Crippen molar-refractivity contribution in [2.24, 2.45) is 0 Å². The standard InChI is InChI=1S/C18H23N/c1-13-8-10-17(11-9-13)15(3)19-16(4)18-7-5-6-14(2)12-18/h5-12,15-16,19H,1-4H3/t15-,16?/m1/s1. The van der Waals surface area contributed by atoms with E-state index in [1.54, 1.807) is 0 Å². The number of nitrogens with one attached hydrogen (secondary N) is 1. The lowest BCUT2D eigenvalue weighted by Crippen LogP contribution is -2.22. The molecule has 0 amide bonds. The second-order valence-electron chi connectivity index (χ2n) is 5.43. The first-order chi connectivity index (χ1) is 9.06. The summed E-state index contributed by atoms with van der Waals surface area (Å²) in [7, 11) is 0. The molecule has 1 N–H and O–H groups in total. The van der Waals surface area contributed by atoms with Gasteiger partial charge >= 0.3 is 0 Å². The maximum absolute atomic E-state index is 3.66. The van der Waals surface area contributed by atoms with E-state index in [1.165, 1.54) is 22.3 Å². The molecule has 0 bridgehead atoms. The van der Waals surface area contributed by atoms with E-state index in [4.69, 9.17) is 0 Å². The number of benzene rings is 2. The van der Waals surface area contributed by atoms with E-state index in [2.05, 4.69) is 81.5 Å². The van der Waals surface area contributed by atoms with Gasteiger partial charge in [-0.15, -0.1) is 0 Å². The second kappa shape index (κ2) is 6.03. The molecular formula is C18H23N. The van der Waals surface area contributed by atoms with Gasteiger partial charge < -0.3 is 5.32 Å². The Hall–Kier alpha value is -1.60. The van der Waals surface area contributed by atoms with Gasteiger partial charge in [-0.25, -0.2) is 0 Å². The van der Waals surface area contributed by atoms with Crippen LogP contribution in [0.25, 0.3) is 0 Å². The first-order valence-electron chi connectivity index (χ1n) is 6.95. The van der Waals surface area contributed by atoms with E-state index < -0.39 is 0 Å². The molecule has 0 aliphatic carbocycles. The Kier molecular flexibility index (Phi) is 4.39. The van der Waals surface area contributed by atoms with Crippen LogP contribution in [0.4, 0.5) is 0 Å². The lowest BCUT2D eigenvalue weighted by molar-refractivity contribution is 0.494. The third-order valence-corrected chi connectivity index (χ3v) is 3.62. The Labute approximate surface area is 116 Å². The minimum absolute atomic E-state index is 0.358. The highest BCUT2D eigenvalue weighted by Crippen LogP contribution is 2.20. The molecule has 0 heterocycles. The molecular weight excluding hydrogens is 230 g/mol. The summed E-state index contributed by atoms with van der Waals surface area (Å²) >= 11 is 0. The predicted octanol–water partition coefficient (Wildman–Crippen LogP) is 4.72. The average Bonchev–Trinajstić information content (AvgIpc) is 2.39. The molecule has 2 aromatic rings. The molecule has 2 aromatic carbocycles. The molecule has 0 spiro atoms. The Morgan fingerprint density at radius 2 is 1.37 bits per heavy atom. The van der Waals surface area contributed by atoms with Crippen LogP contribution in [0, 0.1) is 13.8 Å². The molecule has 2 atom stereocenters. The van der Waals surface area contributed by atoms with Crippen molar-refractivity contribution >= 4 is 0 Å². The highest BCUT2D eigenvalue weighted by molar-refractivity contribution is 5.27. The quantitative estimate of drug-likeness (QED) is 0.831. The van der Waals surface area contributed by atoms with Crippen molar-refractivity contribution in [1.82, 2.24) is 5.32 Å². The van der Waals surface area contributed by atoms with Crippen LogP contribution in [0.1, 0.15) is 48.2 Å². The maximum atomic E-state index is 3.66. The van der Waals surface area contributed by atoms with Crippen LogP contribution >= 0.6 is 0 Å². The van der Waals surface area contributed by atoms with Crippen LogP contribution in [0.2, 0.25) is 0 Å². The lowest BCUT2D eigenvalue weighted by atomic mass is 10.0. The summed E-state index contributed by atoms with van der Waals surface area (Å²) in [6.45, 7) is 8.70. The summed E-state index contributed by atoms with van der Waals surface area (Å²) in [5.41, 5.74) is 5.31. The molecule has 1 nitrogen and oxygen atoms in total. The zero-order chi connectivity index (χ0) is 13.8. The monoisotopic (exact) mass is 253 g/mol. The first kappa shape index (κ1) is 13.8. The number of hydrogen-bond donors (Lipinski definition) is 1. The fourth-order valence-corrected chi connectivity index (χ4v) is 2.36. The van der Waals surface area contributed by atoms with Crippen LogP contribution in [-0.4, -0.2) is 0 Å². The normalized spacial score (nSPS) is 14.1. The summed E-state index contributed by atoms with van der Waals surface area (Å²) in [4.78, 5) is 0. The Morgan fingerprint density at radius 1 is 0.737 bits per heavy atom. The summed E-state index contributed by atoms with van der Waals surface area (Å²) in [5.74, 6) is 0. The van der Waals surface area contributed by atoms with Crippen molar-refractivity contribution in [3.63, 3.8) is 0 Å². The minimum atomic E-state index is 0.358. The number of aryl methyl sites for hydroxylation is 2. The SMILES string of the molecule is Cc1ccc([C@@H](C)NC(C)c2cccc(C)c2)cc1. The van der Waals surface area contributed by atoms with Crippen molar-refractivity contribution in [1.29, 1.82) is 0 Å². The summed E-state index contributed by atoms with van der Waals surface area (Å²) < 4.78 is 0. The third-order valence-electron chi connectivity index (χ3n) is 3.62. The van der Waals surface area contributed by atoms with E-state index in [-0.39, 0.29) is 0 Å². The van der Waals surface area contributed by atoms with Gasteiger partial charge in [-0.05, 0) is 38.8 Å². The molecule has 1 unspecified atom stereocenters. The number of rotatable bonds is 4. The van der Waals surface area contributed by atoms with E-state index in [0.717, 1.165) is 0 Å². The molecule has 0 aliphatic rings. The van der Waals surface area contributed by atoms with Gasteiger partial charge in [0.05, 0.1) is 0 Å². The Balaban J connectivity index is 2.06. The smallest absolute Gasteiger partial charge is 0.0297 e. The van der Waals surface area contributed by atoms with Crippen LogP contribution in [0.3, 0.4) is 0 Å². The lowest BCUT2D eigenvalue weighted by Gasteiger charge is -2.21. The largest absolute Gasteiger partial charge is 0.304 e. The molecule has 0 saturated carbocycles. The van der Waals surface area contributed by atoms with Gasteiger partial charge in [-0.2, -0.15) is 0 Å². The highest BCUT2D eigenvalue weighted by Gasteiger charge is 2.10. The van der Waals surface area contributed by atoms with Crippen molar-refractivity contribution < 1.29 is 0 Å². The second-order valence-corrected chi connectivity index (χ2v) is 5.43. The summed E-state index contributed by atoms with van der Waals surface area (Å²) in [5, 5.41) is 3.66. The highest BCUT2D eigenvalue weighted by atomic mass is 14.9. The Morgan fingerprint density at radius 3 is 2.00 bits per heavy atom. The van der Waals surface area contributed by atoms with Gasteiger partial charge in [0, 0.05) is 12.1 Å². The molecule has 2 rings (SSSR count). The molecule has 100 valence electrons. The molecule has 19 heavy (non-hydrogen) atoms. The molecule has 0 aliphatic heterocycles. The summed E-state index contributed by atoms with van der Waals surface area (Å²) in [6, 6.07) is 18.2. The maximum Gasteiger partial charge on any atom is 0.0297 e. The molecule has 1 heteroatoms. The predicted molar refractivity (Wildman–Crippen MR) is 82.3 cm³/mol. The first-order valence-corrected chi connectivity index (χ1v) is 6.95. The minimum Gasteiger partial charge on any atom is -0.304 e. The van der Waals surface area contributed by atoms with E-state index >= 15 is 0 Å². The third kappa shape index (κ3) is 3.68. The molecule has 0 fully saturated rings. The van der Waals surface area contributed by atoms with Crippen molar-refractivity contribution in [2.75, 3.05) is 0 Å². The molecule has 0 radical (unpaired) electrons. The van der Waals surface area contributed by atoms with Crippen molar-refractivity contribution in [2.45, 2.75) is 39.8 Å². The van der Waals surface area contributed by atoms with Crippen LogP contribution in [0.5, 0.6) is 0 Å². The fourth-order valence-electron chi connectivity index (χ4n) is 2.36. The van der Waals surface area contributed by atoms with Crippen molar-refractivity contribution in [3.8, 4) is 0 Å². The Bertz CT molecular complexity index is 528. The topological polar surface area (TPSA) is 12.0 Å². The van der Waals surface area contributed by atoms with Gasteiger partial charge in [-0.1, -0.05) is 59.7 Å². The van der Waals surface area contributed by atoms with Gasteiger partial charge in [0.1, 0.15) is 0 Å². The van der Waals surface area contributed by atoms with Gasteiger partial charge in [0.2, 0.25) is 0 Å². The summed E-state index contributed by atoms with van der Waals surface area (Å²) in [6.07, 6.45) is 0. The van der Waals surface area contributed by atoms with Gasteiger partial charge in [-0.3, -0.25) is 0 Å². The van der Waals surface area contributed by atoms with Crippen molar-refractivity contribution in [3.05, 3.63) is 70.8 Å².